The molecule has 0 heterocycles. The Labute approximate surface area is 98.9 Å². The summed E-state index contributed by atoms with van der Waals surface area (Å²) in [7, 11) is -3.07. The molecule has 0 aliphatic heterocycles. The fourth-order valence-electron chi connectivity index (χ4n) is 1.54. The van der Waals surface area contributed by atoms with Crippen LogP contribution >= 0.6 is 19.0 Å². The molecule has 0 spiro atoms. The van der Waals surface area contributed by atoms with Crippen LogP contribution in [0.25, 0.3) is 0 Å². The summed E-state index contributed by atoms with van der Waals surface area (Å²) in [5, 5.41) is -0.548. The molecule has 0 radical (unpaired) electrons. The van der Waals surface area contributed by atoms with Crippen molar-refractivity contribution in [3.8, 4) is 0 Å². The Morgan fingerprint density at radius 2 is 1.67 bits per heavy atom. The molecule has 4 heteroatoms. The quantitative estimate of drug-likeness (QED) is 0.371. The molecule has 0 aromatic heterocycles. The highest BCUT2D eigenvalue weighted by atomic mass is 35.5. The third-order valence-corrected chi connectivity index (χ3v) is 6.03. The second-order valence-electron chi connectivity index (χ2n) is 4.09. The molecule has 92 valence electrons. The first-order valence-corrected chi connectivity index (χ1v) is 8.35. The monoisotopic (exact) mass is 254 g/mol. The van der Waals surface area contributed by atoms with Gasteiger partial charge in [-0.25, -0.2) is 0 Å². The van der Waals surface area contributed by atoms with Crippen LogP contribution in [0.15, 0.2) is 0 Å². The average molecular weight is 255 g/mol. The number of unbranched alkanes of at least 4 members (excludes halogenated alkanes) is 5. The van der Waals surface area contributed by atoms with Gasteiger partial charge < -0.3 is 4.89 Å². The highest BCUT2D eigenvalue weighted by Crippen LogP contribution is 2.50. The van der Waals surface area contributed by atoms with Gasteiger partial charge in [0.15, 0.2) is 0 Å². The van der Waals surface area contributed by atoms with Crippen LogP contribution in [0.4, 0.5) is 0 Å². The van der Waals surface area contributed by atoms with Crippen LogP contribution in [0.1, 0.15) is 58.8 Å². The molecule has 0 aromatic rings. The first-order valence-electron chi connectivity index (χ1n) is 6.00. The SMILES string of the molecule is CCCCCCCCP(=O)(O)C(Cl)CC. The maximum atomic E-state index is 11.7. The summed E-state index contributed by atoms with van der Waals surface area (Å²) in [4.78, 5) is 9.61. The van der Waals surface area contributed by atoms with E-state index in [9.17, 15) is 9.46 Å². The summed E-state index contributed by atoms with van der Waals surface area (Å²) < 4.78 is 11.7. The van der Waals surface area contributed by atoms with Crippen molar-refractivity contribution in [2.45, 2.75) is 63.9 Å². The van der Waals surface area contributed by atoms with Crippen molar-refractivity contribution < 1.29 is 9.46 Å². The summed E-state index contributed by atoms with van der Waals surface area (Å²) >= 11 is 5.81. The van der Waals surface area contributed by atoms with Gasteiger partial charge in [0.25, 0.3) is 0 Å². The molecule has 2 unspecified atom stereocenters. The molecule has 0 rings (SSSR count). The standard InChI is InChI=1S/C11H24ClO2P/c1-3-5-6-7-8-9-10-15(13,14)11(12)4-2/h11H,3-10H2,1-2H3,(H,13,14). The minimum absolute atomic E-state index is 0.390. The van der Waals surface area contributed by atoms with E-state index in [-0.39, 0.29) is 0 Å². The molecule has 0 bridgehead atoms. The topological polar surface area (TPSA) is 37.3 Å². The normalized spacial score (nSPS) is 17.3. The fraction of sp³-hybridized carbons (Fsp3) is 1.00. The van der Waals surface area contributed by atoms with Gasteiger partial charge in [-0.05, 0) is 12.8 Å². The van der Waals surface area contributed by atoms with Crippen LogP contribution in [-0.2, 0) is 4.57 Å². The second kappa shape index (κ2) is 8.61. The van der Waals surface area contributed by atoms with Crippen LogP contribution < -0.4 is 0 Å². The Morgan fingerprint density at radius 3 is 2.20 bits per heavy atom. The first-order chi connectivity index (χ1) is 7.04. The minimum atomic E-state index is -3.07. The Bertz CT molecular complexity index is 197. The lowest BCUT2D eigenvalue weighted by Gasteiger charge is -2.15. The number of hydrogen-bond donors (Lipinski definition) is 1. The smallest absolute Gasteiger partial charge is 0.217 e. The van der Waals surface area contributed by atoms with E-state index in [4.69, 9.17) is 11.6 Å². The number of alkyl halides is 1. The molecule has 0 saturated carbocycles. The van der Waals surface area contributed by atoms with Gasteiger partial charge in [0.2, 0.25) is 7.37 Å². The van der Waals surface area contributed by atoms with Gasteiger partial charge in [-0.3, -0.25) is 4.57 Å². The summed E-state index contributed by atoms with van der Waals surface area (Å²) in [6, 6.07) is 0. The van der Waals surface area contributed by atoms with Crippen molar-refractivity contribution in [1.29, 1.82) is 0 Å². The molecular formula is C11H24ClO2P. The Hall–Kier alpha value is 0.480. The molecular weight excluding hydrogens is 231 g/mol. The molecule has 0 fully saturated rings. The van der Waals surface area contributed by atoms with Crippen molar-refractivity contribution in [3.63, 3.8) is 0 Å². The third kappa shape index (κ3) is 7.38. The molecule has 0 aliphatic rings. The van der Waals surface area contributed by atoms with Gasteiger partial charge in [0.05, 0.1) is 0 Å². The minimum Gasteiger partial charge on any atom is -0.343 e. The zero-order valence-electron chi connectivity index (χ0n) is 9.91. The van der Waals surface area contributed by atoms with Crippen molar-refractivity contribution in [3.05, 3.63) is 0 Å². The highest BCUT2D eigenvalue weighted by Gasteiger charge is 2.26. The predicted molar refractivity (Wildman–Crippen MR) is 68.0 cm³/mol. The number of rotatable bonds is 9. The van der Waals surface area contributed by atoms with E-state index in [0.29, 0.717) is 12.6 Å². The fourth-order valence-corrected chi connectivity index (χ4v) is 3.36. The Kier molecular flexibility index (Phi) is 8.89. The van der Waals surface area contributed by atoms with Gasteiger partial charge in [-0.1, -0.05) is 46.0 Å². The first kappa shape index (κ1) is 15.5. The molecule has 0 aliphatic carbocycles. The maximum Gasteiger partial charge on any atom is 0.217 e. The summed E-state index contributed by atoms with van der Waals surface area (Å²) in [6.45, 7) is 4.03. The van der Waals surface area contributed by atoms with E-state index in [1.807, 2.05) is 6.92 Å². The maximum absolute atomic E-state index is 11.7. The van der Waals surface area contributed by atoms with Crippen molar-refractivity contribution >= 4 is 19.0 Å². The predicted octanol–water partition coefficient (Wildman–Crippen LogP) is 4.59. The van der Waals surface area contributed by atoms with Crippen LogP contribution in [0.5, 0.6) is 0 Å². The zero-order chi connectivity index (χ0) is 11.7. The highest BCUT2D eigenvalue weighted by molar-refractivity contribution is 7.60. The van der Waals surface area contributed by atoms with E-state index in [1.54, 1.807) is 0 Å². The van der Waals surface area contributed by atoms with E-state index < -0.39 is 12.5 Å². The van der Waals surface area contributed by atoms with Gasteiger partial charge in [0, 0.05) is 6.16 Å². The lowest BCUT2D eigenvalue weighted by atomic mass is 10.1. The Balaban J connectivity index is 3.53. The third-order valence-electron chi connectivity index (χ3n) is 2.61. The van der Waals surface area contributed by atoms with Gasteiger partial charge in [-0.2, -0.15) is 0 Å². The largest absolute Gasteiger partial charge is 0.343 e. The molecule has 0 amide bonds. The Morgan fingerprint density at radius 1 is 1.13 bits per heavy atom. The van der Waals surface area contributed by atoms with E-state index in [1.165, 1.54) is 25.7 Å². The zero-order valence-corrected chi connectivity index (χ0v) is 11.6. The average Bonchev–Trinajstić information content (AvgIpc) is 2.22. The van der Waals surface area contributed by atoms with Crippen LogP contribution in [0, 0.1) is 0 Å². The summed E-state index contributed by atoms with van der Waals surface area (Å²) in [5.41, 5.74) is 0. The molecule has 2 atom stereocenters. The van der Waals surface area contributed by atoms with Crippen LogP contribution in [0.3, 0.4) is 0 Å². The van der Waals surface area contributed by atoms with E-state index in [0.717, 1.165) is 12.8 Å². The van der Waals surface area contributed by atoms with Crippen LogP contribution in [0.2, 0.25) is 0 Å². The molecule has 0 aromatic carbocycles. The second-order valence-corrected chi connectivity index (χ2v) is 7.50. The van der Waals surface area contributed by atoms with Crippen molar-refractivity contribution in [2.75, 3.05) is 6.16 Å². The van der Waals surface area contributed by atoms with Crippen molar-refractivity contribution in [1.82, 2.24) is 0 Å². The summed E-state index contributed by atoms with van der Waals surface area (Å²) in [6.07, 6.45) is 7.77. The van der Waals surface area contributed by atoms with Gasteiger partial charge >= 0.3 is 0 Å². The lowest BCUT2D eigenvalue weighted by molar-refractivity contribution is 0.468. The molecule has 0 saturated heterocycles. The molecule has 2 nitrogen and oxygen atoms in total. The van der Waals surface area contributed by atoms with Crippen molar-refractivity contribution in [2.24, 2.45) is 0 Å². The molecule has 15 heavy (non-hydrogen) atoms. The number of halogens is 1. The summed E-state index contributed by atoms with van der Waals surface area (Å²) in [5.74, 6) is 0. The molecule has 1 N–H and O–H groups in total. The number of hydrogen-bond acceptors (Lipinski definition) is 1. The van der Waals surface area contributed by atoms with Gasteiger partial charge in [-0.15, -0.1) is 11.6 Å². The lowest BCUT2D eigenvalue weighted by Crippen LogP contribution is -2.02. The van der Waals surface area contributed by atoms with Crippen LogP contribution in [-0.4, -0.2) is 16.2 Å². The van der Waals surface area contributed by atoms with E-state index in [2.05, 4.69) is 6.92 Å². The van der Waals surface area contributed by atoms with E-state index >= 15 is 0 Å². The van der Waals surface area contributed by atoms with Gasteiger partial charge in [0.1, 0.15) is 5.12 Å².